The van der Waals surface area contributed by atoms with Gasteiger partial charge in [0, 0.05) is 33.6 Å². The molecule has 1 aromatic heterocycles. The number of rotatable bonds is 3. The minimum atomic E-state index is 0.0404. The second-order valence-corrected chi connectivity index (χ2v) is 5.72. The average Bonchev–Trinajstić information content (AvgIpc) is 2.92. The number of halogens is 1. The number of benzene rings is 2. The van der Waals surface area contributed by atoms with Gasteiger partial charge in [0.1, 0.15) is 0 Å². The van der Waals surface area contributed by atoms with Gasteiger partial charge in [0.15, 0.2) is 5.78 Å². The zero-order valence-corrected chi connectivity index (χ0v) is 12.6. The summed E-state index contributed by atoms with van der Waals surface area (Å²) in [6, 6.07) is 15.1. The van der Waals surface area contributed by atoms with Crippen LogP contribution in [0.1, 0.15) is 21.5 Å². The number of nitrogens with one attached hydrogen (secondary N) is 1. The minimum absolute atomic E-state index is 0.0404. The molecule has 0 bridgehead atoms. The van der Waals surface area contributed by atoms with Crippen LogP contribution in [0.2, 0.25) is 0 Å². The van der Waals surface area contributed by atoms with E-state index in [2.05, 4.69) is 27.0 Å². The number of carbonyl (C=O) groups excluding carboxylic acids is 1. The molecule has 0 aliphatic carbocycles. The fraction of sp³-hybridized carbons (Fsp3) is 0.0588. The Morgan fingerprint density at radius 3 is 2.67 bits per heavy atom. The van der Waals surface area contributed by atoms with E-state index >= 15 is 0 Å². The fourth-order valence-electron chi connectivity index (χ4n) is 2.30. The summed E-state index contributed by atoms with van der Waals surface area (Å²) < 4.78 is 0.990. The van der Waals surface area contributed by atoms with Crippen LogP contribution < -0.4 is 0 Å². The van der Waals surface area contributed by atoms with Crippen LogP contribution in [0.5, 0.6) is 0 Å². The molecule has 4 heteroatoms. The first-order chi connectivity index (χ1) is 10.2. The molecule has 21 heavy (non-hydrogen) atoms. The van der Waals surface area contributed by atoms with Crippen LogP contribution in [0.3, 0.4) is 0 Å². The van der Waals surface area contributed by atoms with Crippen LogP contribution in [0, 0.1) is 11.3 Å². The summed E-state index contributed by atoms with van der Waals surface area (Å²) >= 11 is 3.38. The van der Waals surface area contributed by atoms with Crippen molar-refractivity contribution in [3.63, 3.8) is 0 Å². The molecule has 1 N–H and O–H groups in total. The van der Waals surface area contributed by atoms with E-state index in [4.69, 9.17) is 5.26 Å². The van der Waals surface area contributed by atoms with E-state index in [0.717, 1.165) is 20.9 Å². The lowest BCUT2D eigenvalue weighted by atomic mass is 10.0. The zero-order chi connectivity index (χ0) is 14.8. The molecule has 0 fully saturated rings. The first-order valence-electron chi connectivity index (χ1n) is 6.46. The van der Waals surface area contributed by atoms with Gasteiger partial charge in [-0.3, -0.25) is 4.79 Å². The highest BCUT2D eigenvalue weighted by Crippen LogP contribution is 2.21. The Morgan fingerprint density at radius 2 is 1.95 bits per heavy atom. The molecule has 0 radical (unpaired) electrons. The van der Waals surface area contributed by atoms with Gasteiger partial charge >= 0.3 is 0 Å². The second kappa shape index (κ2) is 5.55. The maximum absolute atomic E-state index is 12.5. The molecule has 3 nitrogen and oxygen atoms in total. The third-order valence-electron chi connectivity index (χ3n) is 3.39. The molecule has 0 atom stereocenters. The molecule has 102 valence electrons. The highest BCUT2D eigenvalue weighted by atomic mass is 79.9. The standard InChI is InChI=1S/C17H11BrN2O/c18-13-4-1-11(2-5-13)8-17(21)15-10-20-16-6-3-12(9-19)7-14(15)16/h1-7,10,20H,8H2. The second-order valence-electron chi connectivity index (χ2n) is 4.80. The number of aromatic nitrogens is 1. The van der Waals surface area contributed by atoms with E-state index in [0.29, 0.717) is 17.5 Å². The Hall–Kier alpha value is -2.38. The number of H-pyrrole nitrogens is 1. The predicted molar refractivity (Wildman–Crippen MR) is 85.2 cm³/mol. The van der Waals surface area contributed by atoms with Crippen molar-refractivity contribution in [2.24, 2.45) is 0 Å². The number of carbonyl (C=O) groups is 1. The number of hydrogen-bond donors (Lipinski definition) is 1. The average molecular weight is 339 g/mol. The van der Waals surface area contributed by atoms with Crippen molar-refractivity contribution < 1.29 is 4.79 Å². The zero-order valence-electron chi connectivity index (χ0n) is 11.1. The van der Waals surface area contributed by atoms with Gasteiger partial charge in [-0.25, -0.2) is 0 Å². The highest BCUT2D eigenvalue weighted by molar-refractivity contribution is 9.10. The van der Waals surface area contributed by atoms with E-state index in [1.165, 1.54) is 0 Å². The Bertz CT molecular complexity index is 857. The summed E-state index contributed by atoms with van der Waals surface area (Å²) in [7, 11) is 0. The Balaban J connectivity index is 1.94. The van der Waals surface area contributed by atoms with Crippen molar-refractivity contribution in [1.29, 1.82) is 5.26 Å². The van der Waals surface area contributed by atoms with E-state index in [1.54, 1.807) is 18.3 Å². The molecular weight excluding hydrogens is 328 g/mol. The van der Waals surface area contributed by atoms with Gasteiger partial charge in [-0.05, 0) is 35.9 Å². The fourth-order valence-corrected chi connectivity index (χ4v) is 2.57. The lowest BCUT2D eigenvalue weighted by Crippen LogP contribution is -2.02. The summed E-state index contributed by atoms with van der Waals surface area (Å²) in [5.74, 6) is 0.0404. The van der Waals surface area contributed by atoms with E-state index in [9.17, 15) is 4.79 Å². The van der Waals surface area contributed by atoms with Gasteiger partial charge in [0.25, 0.3) is 0 Å². The van der Waals surface area contributed by atoms with Gasteiger partial charge in [0.05, 0.1) is 11.6 Å². The molecule has 3 aromatic rings. The summed E-state index contributed by atoms with van der Waals surface area (Å²) in [4.78, 5) is 15.5. The molecule has 2 aromatic carbocycles. The topological polar surface area (TPSA) is 56.6 Å². The number of ketones is 1. The van der Waals surface area contributed by atoms with Crippen LogP contribution in [0.4, 0.5) is 0 Å². The number of nitrogens with zero attached hydrogens (tertiary/aromatic N) is 1. The molecule has 1 heterocycles. The van der Waals surface area contributed by atoms with Crippen molar-refractivity contribution in [2.75, 3.05) is 0 Å². The molecule has 0 aliphatic heterocycles. The predicted octanol–water partition coefficient (Wildman–Crippen LogP) is 4.23. The summed E-state index contributed by atoms with van der Waals surface area (Å²) in [5, 5.41) is 9.78. The van der Waals surface area contributed by atoms with Crippen molar-refractivity contribution in [1.82, 2.24) is 4.98 Å². The van der Waals surface area contributed by atoms with E-state index in [1.807, 2.05) is 30.3 Å². The first kappa shape index (κ1) is 13.6. The van der Waals surface area contributed by atoms with Gasteiger partial charge in [0.2, 0.25) is 0 Å². The smallest absolute Gasteiger partial charge is 0.169 e. The molecular formula is C17H11BrN2O. The largest absolute Gasteiger partial charge is 0.360 e. The van der Waals surface area contributed by atoms with E-state index < -0.39 is 0 Å². The molecule has 3 rings (SSSR count). The Kier molecular flexibility index (Phi) is 3.59. The van der Waals surface area contributed by atoms with Crippen LogP contribution in [-0.2, 0) is 6.42 Å². The number of aromatic amines is 1. The number of Topliss-reactive ketones (excluding diaryl/α,β-unsaturated/α-hetero) is 1. The van der Waals surface area contributed by atoms with Gasteiger partial charge in [-0.2, -0.15) is 5.26 Å². The molecule has 0 amide bonds. The van der Waals surface area contributed by atoms with Gasteiger partial charge in [-0.1, -0.05) is 28.1 Å². The molecule has 0 aliphatic rings. The summed E-state index contributed by atoms with van der Waals surface area (Å²) in [6.07, 6.45) is 2.06. The molecule has 0 unspecified atom stereocenters. The van der Waals surface area contributed by atoms with Crippen molar-refractivity contribution in [3.05, 3.63) is 69.8 Å². The van der Waals surface area contributed by atoms with Crippen molar-refractivity contribution in [2.45, 2.75) is 6.42 Å². The molecule has 0 saturated heterocycles. The first-order valence-corrected chi connectivity index (χ1v) is 7.25. The van der Waals surface area contributed by atoms with Crippen LogP contribution in [0.25, 0.3) is 10.9 Å². The van der Waals surface area contributed by atoms with Crippen molar-refractivity contribution >= 4 is 32.6 Å². The molecule has 0 spiro atoms. The summed E-state index contributed by atoms with van der Waals surface area (Å²) in [5.41, 5.74) is 3.02. The van der Waals surface area contributed by atoms with Crippen molar-refractivity contribution in [3.8, 4) is 6.07 Å². The monoisotopic (exact) mass is 338 g/mol. The van der Waals surface area contributed by atoms with Gasteiger partial charge < -0.3 is 4.98 Å². The normalized spacial score (nSPS) is 10.5. The highest BCUT2D eigenvalue weighted by Gasteiger charge is 2.13. The minimum Gasteiger partial charge on any atom is -0.360 e. The quantitative estimate of drug-likeness (QED) is 0.726. The summed E-state index contributed by atoms with van der Waals surface area (Å²) in [6.45, 7) is 0. The van der Waals surface area contributed by atoms with E-state index in [-0.39, 0.29) is 5.78 Å². The lowest BCUT2D eigenvalue weighted by molar-refractivity contribution is 0.0994. The Labute approximate surface area is 130 Å². The maximum Gasteiger partial charge on any atom is 0.169 e. The van der Waals surface area contributed by atoms with Crippen LogP contribution in [-0.4, -0.2) is 10.8 Å². The molecule has 0 saturated carbocycles. The number of hydrogen-bond acceptors (Lipinski definition) is 2. The SMILES string of the molecule is N#Cc1ccc2[nH]cc(C(=O)Cc3ccc(Br)cc3)c2c1. The third kappa shape index (κ3) is 2.74. The third-order valence-corrected chi connectivity index (χ3v) is 3.92. The maximum atomic E-state index is 12.5. The lowest BCUT2D eigenvalue weighted by Gasteiger charge is -2.01. The van der Waals surface area contributed by atoms with Crippen LogP contribution in [0.15, 0.2) is 53.1 Å². The van der Waals surface area contributed by atoms with Gasteiger partial charge in [-0.15, -0.1) is 0 Å². The van der Waals surface area contributed by atoms with Crippen LogP contribution >= 0.6 is 15.9 Å². The number of fused-ring (bicyclic) bond motifs is 1. The number of nitriles is 1. The Morgan fingerprint density at radius 1 is 1.19 bits per heavy atom.